The Hall–Kier alpha value is -1.12. The fourth-order valence-corrected chi connectivity index (χ4v) is 1.08. The summed E-state index contributed by atoms with van der Waals surface area (Å²) in [4.78, 5) is 11.4. The first-order valence-electron chi connectivity index (χ1n) is 5.12. The normalized spacial score (nSPS) is 11.8. The average molecular weight is 214 g/mol. The van der Waals surface area contributed by atoms with Gasteiger partial charge in [-0.05, 0) is 6.42 Å². The Labute approximate surface area is 90.0 Å². The van der Waals surface area contributed by atoms with E-state index in [2.05, 4.69) is 5.32 Å². The number of carbonyl (C=O) groups excluding carboxylic acids is 1. The van der Waals surface area contributed by atoms with E-state index in [0.29, 0.717) is 19.6 Å². The van der Waals surface area contributed by atoms with Crippen molar-refractivity contribution in [1.82, 2.24) is 5.32 Å². The summed E-state index contributed by atoms with van der Waals surface area (Å²) in [7, 11) is 0. The molecule has 0 spiro atoms. The summed E-state index contributed by atoms with van der Waals surface area (Å²) in [5.41, 5.74) is 0. The van der Waals surface area contributed by atoms with Gasteiger partial charge in [-0.2, -0.15) is 5.26 Å². The zero-order valence-corrected chi connectivity index (χ0v) is 9.03. The second kappa shape index (κ2) is 9.44. The van der Waals surface area contributed by atoms with Gasteiger partial charge in [-0.3, -0.25) is 4.79 Å². The predicted octanol–water partition coefficient (Wildman–Crippen LogP) is 0.0514. The van der Waals surface area contributed by atoms with Crippen LogP contribution in [0.15, 0.2) is 0 Å². The third kappa shape index (κ3) is 6.89. The maximum Gasteiger partial charge on any atom is 0.237 e. The number of carbonyl (C=O) groups is 1. The second-order valence-corrected chi connectivity index (χ2v) is 3.10. The Morgan fingerprint density at radius 2 is 2.33 bits per heavy atom. The van der Waals surface area contributed by atoms with Crippen LogP contribution in [-0.2, 0) is 9.53 Å². The molecule has 0 fully saturated rings. The van der Waals surface area contributed by atoms with Crippen molar-refractivity contribution in [3.05, 3.63) is 0 Å². The zero-order chi connectivity index (χ0) is 11.5. The number of hydrogen-bond acceptors (Lipinski definition) is 4. The van der Waals surface area contributed by atoms with E-state index in [4.69, 9.17) is 15.1 Å². The van der Waals surface area contributed by atoms with Gasteiger partial charge in [0, 0.05) is 6.54 Å². The molecule has 0 bridgehead atoms. The van der Waals surface area contributed by atoms with E-state index in [0.717, 1.165) is 6.42 Å². The lowest BCUT2D eigenvalue weighted by molar-refractivity contribution is -0.123. The Kier molecular flexibility index (Phi) is 8.73. The molecule has 1 atom stereocenters. The summed E-state index contributed by atoms with van der Waals surface area (Å²) in [6.45, 7) is 2.91. The number of rotatable bonds is 8. The minimum absolute atomic E-state index is 0.0232. The zero-order valence-electron chi connectivity index (χ0n) is 9.03. The van der Waals surface area contributed by atoms with E-state index in [1.165, 1.54) is 0 Å². The Morgan fingerprint density at radius 1 is 1.60 bits per heavy atom. The van der Waals surface area contributed by atoms with Crippen LogP contribution in [0.4, 0.5) is 0 Å². The van der Waals surface area contributed by atoms with Crippen LogP contribution in [0, 0.1) is 17.2 Å². The number of ether oxygens (including phenoxy) is 1. The number of aliphatic hydroxyl groups excluding tert-OH is 1. The highest BCUT2D eigenvalue weighted by molar-refractivity contribution is 5.80. The summed E-state index contributed by atoms with van der Waals surface area (Å²) in [6, 6.07) is 1.96. The SMILES string of the molecule is CCCC(C#N)C(=O)NCCOCCO. The van der Waals surface area contributed by atoms with Gasteiger partial charge in [0.15, 0.2) is 0 Å². The lowest BCUT2D eigenvalue weighted by Gasteiger charge is -2.08. The van der Waals surface area contributed by atoms with Crippen LogP contribution in [-0.4, -0.2) is 37.4 Å². The lowest BCUT2D eigenvalue weighted by Crippen LogP contribution is -2.32. The molecule has 0 heterocycles. The van der Waals surface area contributed by atoms with Crippen molar-refractivity contribution in [2.24, 2.45) is 5.92 Å². The summed E-state index contributed by atoms with van der Waals surface area (Å²) < 4.78 is 4.96. The van der Waals surface area contributed by atoms with Gasteiger partial charge in [0.05, 0.1) is 25.9 Å². The largest absolute Gasteiger partial charge is 0.394 e. The summed E-state index contributed by atoms with van der Waals surface area (Å²) in [5, 5.41) is 19.7. The molecule has 1 unspecified atom stereocenters. The Balaban J connectivity index is 3.59. The molecule has 5 heteroatoms. The average Bonchev–Trinajstić information content (AvgIpc) is 2.25. The molecule has 0 aliphatic rings. The molecule has 2 N–H and O–H groups in total. The van der Waals surface area contributed by atoms with Crippen molar-refractivity contribution in [2.75, 3.05) is 26.4 Å². The first kappa shape index (κ1) is 13.9. The van der Waals surface area contributed by atoms with Crippen LogP contribution in [0.1, 0.15) is 19.8 Å². The van der Waals surface area contributed by atoms with E-state index in [1.54, 1.807) is 0 Å². The maximum absolute atomic E-state index is 11.4. The third-order valence-electron chi connectivity index (χ3n) is 1.83. The van der Waals surface area contributed by atoms with Gasteiger partial charge in [-0.15, -0.1) is 0 Å². The van der Waals surface area contributed by atoms with Gasteiger partial charge >= 0.3 is 0 Å². The predicted molar refractivity (Wildman–Crippen MR) is 54.9 cm³/mol. The fourth-order valence-electron chi connectivity index (χ4n) is 1.08. The number of nitrogens with zero attached hydrogens (tertiary/aromatic N) is 1. The number of nitrogens with one attached hydrogen (secondary N) is 1. The van der Waals surface area contributed by atoms with E-state index >= 15 is 0 Å². The topological polar surface area (TPSA) is 82.4 Å². The Morgan fingerprint density at radius 3 is 2.87 bits per heavy atom. The molecule has 0 saturated heterocycles. The molecular formula is C10H18N2O3. The molecule has 5 nitrogen and oxygen atoms in total. The Bertz CT molecular complexity index is 213. The van der Waals surface area contributed by atoms with Gasteiger partial charge in [0.2, 0.25) is 5.91 Å². The number of aliphatic hydroxyl groups is 1. The molecule has 1 amide bonds. The minimum Gasteiger partial charge on any atom is -0.394 e. The second-order valence-electron chi connectivity index (χ2n) is 3.10. The first-order chi connectivity index (χ1) is 7.26. The summed E-state index contributed by atoms with van der Waals surface area (Å²) in [6.07, 6.45) is 1.40. The first-order valence-corrected chi connectivity index (χ1v) is 5.12. The van der Waals surface area contributed by atoms with Crippen LogP contribution >= 0.6 is 0 Å². The molecule has 0 aliphatic heterocycles. The molecule has 0 aromatic heterocycles. The molecule has 0 aromatic carbocycles. The van der Waals surface area contributed by atoms with Gasteiger partial charge in [0.25, 0.3) is 0 Å². The standard InChI is InChI=1S/C10H18N2O3/c1-2-3-9(8-11)10(14)12-4-6-15-7-5-13/h9,13H,2-7H2,1H3,(H,12,14). The van der Waals surface area contributed by atoms with Crippen molar-refractivity contribution in [3.8, 4) is 6.07 Å². The smallest absolute Gasteiger partial charge is 0.237 e. The summed E-state index contributed by atoms with van der Waals surface area (Å²) in [5.74, 6) is -0.806. The van der Waals surface area contributed by atoms with Crippen molar-refractivity contribution in [1.29, 1.82) is 5.26 Å². The van der Waals surface area contributed by atoms with Crippen molar-refractivity contribution in [3.63, 3.8) is 0 Å². The van der Waals surface area contributed by atoms with E-state index in [-0.39, 0.29) is 19.1 Å². The van der Waals surface area contributed by atoms with Gasteiger partial charge in [0.1, 0.15) is 5.92 Å². The molecule has 0 rings (SSSR count). The fraction of sp³-hybridized carbons (Fsp3) is 0.800. The van der Waals surface area contributed by atoms with Crippen LogP contribution in [0.25, 0.3) is 0 Å². The number of amides is 1. The monoisotopic (exact) mass is 214 g/mol. The lowest BCUT2D eigenvalue weighted by atomic mass is 10.1. The van der Waals surface area contributed by atoms with Crippen molar-refractivity contribution >= 4 is 5.91 Å². The van der Waals surface area contributed by atoms with E-state index in [1.807, 2.05) is 13.0 Å². The molecule has 15 heavy (non-hydrogen) atoms. The van der Waals surface area contributed by atoms with Crippen LogP contribution < -0.4 is 5.32 Å². The van der Waals surface area contributed by atoms with Crippen LogP contribution in [0.2, 0.25) is 0 Å². The van der Waals surface area contributed by atoms with Crippen molar-refractivity contribution < 1.29 is 14.6 Å². The van der Waals surface area contributed by atoms with E-state index < -0.39 is 5.92 Å². The minimum atomic E-state index is -0.562. The molecule has 0 radical (unpaired) electrons. The molecular weight excluding hydrogens is 196 g/mol. The van der Waals surface area contributed by atoms with E-state index in [9.17, 15) is 4.79 Å². The van der Waals surface area contributed by atoms with Gasteiger partial charge in [-0.25, -0.2) is 0 Å². The van der Waals surface area contributed by atoms with Crippen molar-refractivity contribution in [2.45, 2.75) is 19.8 Å². The third-order valence-corrected chi connectivity index (χ3v) is 1.83. The molecule has 86 valence electrons. The van der Waals surface area contributed by atoms with Gasteiger partial charge < -0.3 is 15.2 Å². The number of nitriles is 1. The van der Waals surface area contributed by atoms with Crippen LogP contribution in [0.3, 0.4) is 0 Å². The highest BCUT2D eigenvalue weighted by Gasteiger charge is 2.15. The molecule has 0 aromatic rings. The highest BCUT2D eigenvalue weighted by Crippen LogP contribution is 2.04. The van der Waals surface area contributed by atoms with Crippen LogP contribution in [0.5, 0.6) is 0 Å². The molecule has 0 saturated carbocycles. The number of hydrogen-bond donors (Lipinski definition) is 2. The quantitative estimate of drug-likeness (QED) is 0.559. The maximum atomic E-state index is 11.4. The molecule has 0 aliphatic carbocycles. The highest BCUT2D eigenvalue weighted by atomic mass is 16.5. The summed E-state index contributed by atoms with van der Waals surface area (Å²) >= 11 is 0. The van der Waals surface area contributed by atoms with Gasteiger partial charge in [-0.1, -0.05) is 13.3 Å².